The summed E-state index contributed by atoms with van der Waals surface area (Å²) in [6.45, 7) is 4.55. The maximum atomic E-state index is 12.6. The van der Waals surface area contributed by atoms with Crippen LogP contribution in [0, 0.1) is 6.92 Å². The van der Waals surface area contributed by atoms with E-state index in [4.69, 9.17) is 5.73 Å². The third-order valence-electron chi connectivity index (χ3n) is 4.26. The average Bonchev–Trinajstić information content (AvgIpc) is 2.62. The van der Waals surface area contributed by atoms with Gasteiger partial charge in [0.1, 0.15) is 0 Å². The molecule has 2 amide bonds. The molecule has 0 heterocycles. The highest BCUT2D eigenvalue weighted by Gasteiger charge is 2.17. The van der Waals surface area contributed by atoms with Gasteiger partial charge in [0, 0.05) is 24.3 Å². The molecule has 0 atom stereocenters. The Kier molecular flexibility index (Phi) is 9.37. The van der Waals surface area contributed by atoms with E-state index in [1.54, 1.807) is 4.90 Å². The van der Waals surface area contributed by atoms with Crippen LogP contribution >= 0.6 is 12.4 Å². The van der Waals surface area contributed by atoms with Crippen molar-refractivity contribution >= 4 is 35.6 Å². The number of benzene rings is 2. The fourth-order valence-corrected chi connectivity index (χ4v) is 2.80. The number of hydrogen-bond acceptors (Lipinski definition) is 3. The molecule has 0 saturated carbocycles. The summed E-state index contributed by atoms with van der Waals surface area (Å²) in [5.74, 6) is -0.213. The van der Waals surface area contributed by atoms with Gasteiger partial charge in [-0.3, -0.25) is 9.59 Å². The number of para-hydroxylation sites is 2. The van der Waals surface area contributed by atoms with Crippen molar-refractivity contribution in [2.24, 2.45) is 0 Å². The summed E-state index contributed by atoms with van der Waals surface area (Å²) < 4.78 is 0. The molecule has 6 heteroatoms. The van der Waals surface area contributed by atoms with Crippen LogP contribution in [0.5, 0.6) is 0 Å². The van der Waals surface area contributed by atoms with E-state index in [0.717, 1.165) is 23.2 Å². The Labute approximate surface area is 167 Å². The molecule has 146 valence electrons. The Morgan fingerprint density at radius 2 is 1.74 bits per heavy atom. The van der Waals surface area contributed by atoms with Crippen molar-refractivity contribution < 1.29 is 9.59 Å². The largest absolute Gasteiger partial charge is 0.399 e. The lowest BCUT2D eigenvalue weighted by atomic mass is 10.1. The molecule has 0 aliphatic rings. The fraction of sp³-hybridized carbons (Fsp3) is 0.333. The topological polar surface area (TPSA) is 75.4 Å². The molecule has 2 aromatic carbocycles. The average molecular weight is 390 g/mol. The zero-order valence-corrected chi connectivity index (χ0v) is 16.7. The summed E-state index contributed by atoms with van der Waals surface area (Å²) in [5.41, 5.74) is 9.36. The maximum Gasteiger partial charge on any atom is 0.244 e. The summed E-state index contributed by atoms with van der Waals surface area (Å²) >= 11 is 0. The molecule has 0 fully saturated rings. The second kappa shape index (κ2) is 11.2. The molecule has 0 aliphatic carbocycles. The van der Waals surface area contributed by atoms with Crippen LogP contribution in [-0.2, 0) is 16.0 Å². The first-order valence-electron chi connectivity index (χ1n) is 8.98. The van der Waals surface area contributed by atoms with Gasteiger partial charge in [-0.15, -0.1) is 12.4 Å². The molecular formula is C21H28ClN3O2. The van der Waals surface area contributed by atoms with Gasteiger partial charge in [0.25, 0.3) is 0 Å². The SMILES string of the molecule is CCCN(CC(=O)Nc1ccccc1C)C(=O)CCc1ccccc1N.Cl. The number of carbonyl (C=O) groups is 2. The van der Waals surface area contributed by atoms with Crippen molar-refractivity contribution in [3.63, 3.8) is 0 Å². The van der Waals surface area contributed by atoms with E-state index >= 15 is 0 Å². The van der Waals surface area contributed by atoms with Crippen molar-refractivity contribution in [3.05, 3.63) is 59.7 Å². The quantitative estimate of drug-likeness (QED) is 0.674. The Morgan fingerprint density at radius 3 is 2.41 bits per heavy atom. The Bertz CT molecular complexity index is 765. The Morgan fingerprint density at radius 1 is 1.07 bits per heavy atom. The second-order valence-corrected chi connectivity index (χ2v) is 6.38. The molecule has 0 aromatic heterocycles. The molecule has 0 aliphatic heterocycles. The number of halogens is 1. The second-order valence-electron chi connectivity index (χ2n) is 6.38. The summed E-state index contributed by atoms with van der Waals surface area (Å²) in [6, 6.07) is 15.1. The molecule has 0 spiro atoms. The van der Waals surface area contributed by atoms with Crippen molar-refractivity contribution in [2.45, 2.75) is 33.1 Å². The number of carbonyl (C=O) groups excluding carboxylic acids is 2. The lowest BCUT2D eigenvalue weighted by Crippen LogP contribution is -2.38. The van der Waals surface area contributed by atoms with Crippen LogP contribution in [0.2, 0.25) is 0 Å². The number of rotatable bonds is 8. The number of aryl methyl sites for hydroxylation is 2. The maximum absolute atomic E-state index is 12.6. The third-order valence-corrected chi connectivity index (χ3v) is 4.26. The number of amides is 2. The first kappa shape index (κ1) is 22.5. The molecular weight excluding hydrogens is 362 g/mol. The fourth-order valence-electron chi connectivity index (χ4n) is 2.80. The first-order valence-corrected chi connectivity index (χ1v) is 8.98. The van der Waals surface area contributed by atoms with Gasteiger partial charge >= 0.3 is 0 Å². The monoisotopic (exact) mass is 389 g/mol. The van der Waals surface area contributed by atoms with Crippen molar-refractivity contribution in [1.29, 1.82) is 0 Å². The lowest BCUT2D eigenvalue weighted by Gasteiger charge is -2.22. The minimum atomic E-state index is -0.180. The van der Waals surface area contributed by atoms with Crippen molar-refractivity contribution in [1.82, 2.24) is 4.90 Å². The number of hydrogen-bond donors (Lipinski definition) is 2. The standard InChI is InChI=1S/C21H27N3O2.ClH/c1-3-14-24(15-20(25)23-19-11-7-4-8-16(19)2)21(26)13-12-17-9-5-6-10-18(17)22;/h4-11H,3,12-15,22H2,1-2H3,(H,23,25);1H. The van der Waals surface area contributed by atoms with E-state index in [2.05, 4.69) is 5.32 Å². The van der Waals surface area contributed by atoms with Crippen molar-refractivity contribution in [2.75, 3.05) is 24.1 Å². The van der Waals surface area contributed by atoms with Gasteiger partial charge in [-0.1, -0.05) is 43.3 Å². The predicted octanol–water partition coefficient (Wildman–Crippen LogP) is 3.81. The number of anilines is 2. The van der Waals surface area contributed by atoms with Gasteiger partial charge in [-0.25, -0.2) is 0 Å². The molecule has 2 rings (SSSR count). The van der Waals surface area contributed by atoms with E-state index < -0.39 is 0 Å². The summed E-state index contributed by atoms with van der Waals surface area (Å²) in [5, 5.41) is 2.88. The summed E-state index contributed by atoms with van der Waals surface area (Å²) in [6.07, 6.45) is 1.72. The van der Waals surface area contributed by atoms with Gasteiger partial charge in [-0.2, -0.15) is 0 Å². The molecule has 2 aromatic rings. The van der Waals surface area contributed by atoms with Crippen molar-refractivity contribution in [3.8, 4) is 0 Å². The van der Waals surface area contributed by atoms with E-state index in [-0.39, 0.29) is 30.8 Å². The van der Waals surface area contributed by atoms with Crippen LogP contribution < -0.4 is 11.1 Å². The Hall–Kier alpha value is -2.53. The number of nitrogens with one attached hydrogen (secondary N) is 1. The van der Waals surface area contributed by atoms with Crippen LogP contribution in [0.3, 0.4) is 0 Å². The van der Waals surface area contributed by atoms with Crippen LogP contribution in [0.4, 0.5) is 11.4 Å². The van der Waals surface area contributed by atoms with Crippen LogP contribution in [0.25, 0.3) is 0 Å². The van der Waals surface area contributed by atoms with Gasteiger partial charge in [0.05, 0.1) is 6.54 Å². The zero-order valence-electron chi connectivity index (χ0n) is 15.9. The molecule has 0 saturated heterocycles. The Balaban J connectivity index is 0.00000364. The number of nitrogens with two attached hydrogens (primary N) is 1. The highest BCUT2D eigenvalue weighted by Crippen LogP contribution is 2.15. The van der Waals surface area contributed by atoms with Gasteiger partial charge in [-0.05, 0) is 43.0 Å². The van der Waals surface area contributed by atoms with Gasteiger partial charge in [0.2, 0.25) is 11.8 Å². The minimum absolute atomic E-state index is 0. The van der Waals surface area contributed by atoms with Crippen LogP contribution in [0.1, 0.15) is 30.9 Å². The third kappa shape index (κ3) is 6.94. The van der Waals surface area contributed by atoms with Crippen LogP contribution in [-0.4, -0.2) is 29.8 Å². The predicted molar refractivity (Wildman–Crippen MR) is 113 cm³/mol. The van der Waals surface area contributed by atoms with E-state index in [9.17, 15) is 9.59 Å². The van der Waals surface area contributed by atoms with E-state index in [1.807, 2.05) is 62.4 Å². The highest BCUT2D eigenvalue weighted by atomic mass is 35.5. The normalized spacial score (nSPS) is 10.0. The minimum Gasteiger partial charge on any atom is -0.399 e. The lowest BCUT2D eigenvalue weighted by molar-refractivity contribution is -0.134. The van der Waals surface area contributed by atoms with E-state index in [1.165, 1.54) is 0 Å². The molecule has 0 radical (unpaired) electrons. The molecule has 3 N–H and O–H groups in total. The zero-order chi connectivity index (χ0) is 18.9. The van der Waals surface area contributed by atoms with E-state index in [0.29, 0.717) is 25.1 Å². The molecule has 5 nitrogen and oxygen atoms in total. The summed E-state index contributed by atoms with van der Waals surface area (Å²) in [4.78, 5) is 26.6. The molecule has 27 heavy (non-hydrogen) atoms. The number of nitrogen functional groups attached to an aromatic ring is 1. The first-order chi connectivity index (χ1) is 12.5. The molecule has 0 bridgehead atoms. The number of nitrogens with zero attached hydrogens (tertiary/aromatic N) is 1. The summed E-state index contributed by atoms with van der Waals surface area (Å²) in [7, 11) is 0. The van der Waals surface area contributed by atoms with Crippen LogP contribution in [0.15, 0.2) is 48.5 Å². The smallest absolute Gasteiger partial charge is 0.244 e. The van der Waals surface area contributed by atoms with Gasteiger partial charge < -0.3 is 16.0 Å². The van der Waals surface area contributed by atoms with Gasteiger partial charge in [0.15, 0.2) is 0 Å². The molecule has 0 unspecified atom stereocenters. The highest BCUT2D eigenvalue weighted by molar-refractivity contribution is 5.95.